The molecule has 0 aliphatic carbocycles. The first-order chi connectivity index (χ1) is 7.72. The molecule has 0 fully saturated rings. The minimum atomic E-state index is -0.252. The maximum atomic E-state index is 12.8. The first-order valence-corrected chi connectivity index (χ1v) is 5.02. The van der Waals surface area contributed by atoms with Crippen molar-refractivity contribution in [3.8, 4) is 0 Å². The van der Waals surface area contributed by atoms with Crippen LogP contribution in [0.15, 0.2) is 30.6 Å². The van der Waals surface area contributed by atoms with E-state index in [1.807, 2.05) is 7.05 Å². The summed E-state index contributed by atoms with van der Waals surface area (Å²) in [6.07, 6.45) is 1.49. The van der Waals surface area contributed by atoms with Gasteiger partial charge in [0.2, 0.25) is 0 Å². The van der Waals surface area contributed by atoms with E-state index in [1.54, 1.807) is 16.8 Å². The molecule has 0 radical (unpaired) electrons. The molecule has 1 unspecified atom stereocenters. The minimum Gasteiger partial charge on any atom is -0.329 e. The topological polar surface area (TPSA) is 56.7 Å². The van der Waals surface area contributed by atoms with E-state index in [1.165, 1.54) is 18.5 Å². The predicted octanol–water partition coefficient (Wildman–Crippen LogP) is 1.04. The lowest BCUT2D eigenvalue weighted by atomic mass is 9.98. The molecule has 4 nitrogen and oxygen atoms in total. The number of hydrogen-bond acceptors (Lipinski definition) is 3. The van der Waals surface area contributed by atoms with Crippen molar-refractivity contribution in [3.63, 3.8) is 0 Å². The second kappa shape index (κ2) is 4.40. The fourth-order valence-corrected chi connectivity index (χ4v) is 1.71. The van der Waals surface area contributed by atoms with Crippen molar-refractivity contribution in [2.45, 2.75) is 5.92 Å². The Morgan fingerprint density at radius 2 is 2.06 bits per heavy atom. The first-order valence-electron chi connectivity index (χ1n) is 5.02. The smallest absolute Gasteiger partial charge is 0.138 e. The number of aromatic nitrogens is 3. The summed E-state index contributed by atoms with van der Waals surface area (Å²) in [7, 11) is 1.81. The van der Waals surface area contributed by atoms with Gasteiger partial charge in [0.1, 0.15) is 18.0 Å². The number of nitrogens with zero attached hydrogens (tertiary/aromatic N) is 3. The summed E-state index contributed by atoms with van der Waals surface area (Å²) in [5, 5.41) is 4.00. The fraction of sp³-hybridized carbons (Fsp3) is 0.273. The predicted molar refractivity (Wildman–Crippen MR) is 58.3 cm³/mol. The van der Waals surface area contributed by atoms with Gasteiger partial charge in [-0.25, -0.2) is 9.37 Å². The molecule has 84 valence electrons. The highest BCUT2D eigenvalue weighted by atomic mass is 19.1. The van der Waals surface area contributed by atoms with Crippen molar-refractivity contribution in [1.82, 2.24) is 14.8 Å². The summed E-state index contributed by atoms with van der Waals surface area (Å²) in [6, 6.07) is 6.30. The van der Waals surface area contributed by atoms with Crippen LogP contribution in [0.2, 0.25) is 0 Å². The first kappa shape index (κ1) is 10.8. The summed E-state index contributed by atoms with van der Waals surface area (Å²) < 4.78 is 14.5. The largest absolute Gasteiger partial charge is 0.329 e. The molecule has 0 spiro atoms. The van der Waals surface area contributed by atoms with Crippen LogP contribution in [0, 0.1) is 5.82 Å². The third-order valence-electron chi connectivity index (χ3n) is 2.57. The Kier molecular flexibility index (Phi) is 2.96. The Bertz CT molecular complexity index is 463. The Balaban J connectivity index is 2.37. The molecule has 1 atom stereocenters. The van der Waals surface area contributed by atoms with Crippen LogP contribution in [-0.2, 0) is 7.05 Å². The van der Waals surface area contributed by atoms with Crippen LogP contribution >= 0.6 is 0 Å². The minimum absolute atomic E-state index is 0.0481. The molecule has 0 amide bonds. The van der Waals surface area contributed by atoms with E-state index in [2.05, 4.69) is 10.1 Å². The molecular formula is C11H13FN4. The zero-order chi connectivity index (χ0) is 11.5. The lowest BCUT2D eigenvalue weighted by Crippen LogP contribution is -2.18. The van der Waals surface area contributed by atoms with Crippen molar-refractivity contribution < 1.29 is 4.39 Å². The summed E-state index contributed by atoms with van der Waals surface area (Å²) >= 11 is 0. The number of rotatable bonds is 3. The van der Waals surface area contributed by atoms with E-state index in [0.29, 0.717) is 6.54 Å². The molecule has 0 aliphatic heterocycles. The van der Waals surface area contributed by atoms with E-state index in [9.17, 15) is 4.39 Å². The molecular weight excluding hydrogens is 207 g/mol. The monoisotopic (exact) mass is 220 g/mol. The van der Waals surface area contributed by atoms with E-state index in [0.717, 1.165) is 11.4 Å². The Morgan fingerprint density at radius 3 is 2.56 bits per heavy atom. The summed E-state index contributed by atoms with van der Waals surface area (Å²) in [6.45, 7) is 0.415. The zero-order valence-electron chi connectivity index (χ0n) is 8.97. The number of halogens is 1. The van der Waals surface area contributed by atoms with Crippen molar-refractivity contribution in [2.24, 2.45) is 12.8 Å². The van der Waals surface area contributed by atoms with Gasteiger partial charge in [-0.2, -0.15) is 5.10 Å². The molecule has 2 N–H and O–H groups in total. The lowest BCUT2D eigenvalue weighted by molar-refractivity contribution is 0.622. The maximum absolute atomic E-state index is 12.8. The van der Waals surface area contributed by atoms with Gasteiger partial charge in [-0.1, -0.05) is 12.1 Å². The van der Waals surface area contributed by atoms with Gasteiger partial charge in [0.05, 0.1) is 5.92 Å². The molecule has 5 heteroatoms. The second-order valence-electron chi connectivity index (χ2n) is 3.58. The highest BCUT2D eigenvalue weighted by molar-refractivity contribution is 5.26. The number of aryl methyl sites for hydroxylation is 1. The third kappa shape index (κ3) is 1.94. The number of nitrogens with two attached hydrogens (primary N) is 1. The summed E-state index contributed by atoms with van der Waals surface area (Å²) in [4.78, 5) is 4.16. The average Bonchev–Trinajstić information content (AvgIpc) is 2.69. The normalized spacial score (nSPS) is 12.7. The number of benzene rings is 1. The molecule has 0 aliphatic rings. The highest BCUT2D eigenvalue weighted by Gasteiger charge is 2.17. The van der Waals surface area contributed by atoms with Crippen molar-refractivity contribution in [3.05, 3.63) is 47.8 Å². The van der Waals surface area contributed by atoms with Crippen LogP contribution < -0.4 is 5.73 Å². The zero-order valence-corrected chi connectivity index (χ0v) is 8.97. The standard InChI is InChI=1S/C11H13FN4/c1-16-11(14-7-15-16)10(6-13)8-2-4-9(12)5-3-8/h2-5,7,10H,6,13H2,1H3. The van der Waals surface area contributed by atoms with E-state index in [-0.39, 0.29) is 11.7 Å². The van der Waals surface area contributed by atoms with Gasteiger partial charge in [-0.3, -0.25) is 4.68 Å². The van der Waals surface area contributed by atoms with Crippen LogP contribution in [0.25, 0.3) is 0 Å². The van der Waals surface area contributed by atoms with Gasteiger partial charge in [0.15, 0.2) is 0 Å². The Hall–Kier alpha value is -1.75. The van der Waals surface area contributed by atoms with E-state index < -0.39 is 0 Å². The molecule has 0 bridgehead atoms. The molecule has 2 rings (SSSR count). The van der Waals surface area contributed by atoms with Gasteiger partial charge in [-0.15, -0.1) is 0 Å². The number of hydrogen-bond donors (Lipinski definition) is 1. The van der Waals surface area contributed by atoms with Crippen LogP contribution in [0.1, 0.15) is 17.3 Å². The Morgan fingerprint density at radius 1 is 1.38 bits per heavy atom. The molecule has 2 aromatic rings. The van der Waals surface area contributed by atoms with Crippen molar-refractivity contribution >= 4 is 0 Å². The van der Waals surface area contributed by atoms with Gasteiger partial charge >= 0.3 is 0 Å². The molecule has 1 heterocycles. The molecule has 16 heavy (non-hydrogen) atoms. The molecule has 1 aromatic heterocycles. The Labute approximate surface area is 92.9 Å². The maximum Gasteiger partial charge on any atom is 0.138 e. The average molecular weight is 220 g/mol. The van der Waals surface area contributed by atoms with Gasteiger partial charge in [-0.05, 0) is 17.7 Å². The van der Waals surface area contributed by atoms with Crippen LogP contribution in [0.3, 0.4) is 0 Å². The highest BCUT2D eigenvalue weighted by Crippen LogP contribution is 2.21. The van der Waals surface area contributed by atoms with E-state index in [4.69, 9.17) is 5.73 Å². The van der Waals surface area contributed by atoms with Gasteiger partial charge in [0.25, 0.3) is 0 Å². The van der Waals surface area contributed by atoms with Crippen LogP contribution in [0.5, 0.6) is 0 Å². The van der Waals surface area contributed by atoms with Gasteiger partial charge < -0.3 is 5.73 Å². The van der Waals surface area contributed by atoms with Crippen molar-refractivity contribution in [1.29, 1.82) is 0 Å². The molecule has 0 saturated carbocycles. The summed E-state index contributed by atoms with van der Waals surface area (Å²) in [5.74, 6) is 0.486. The SMILES string of the molecule is Cn1ncnc1C(CN)c1ccc(F)cc1. The van der Waals surface area contributed by atoms with Crippen LogP contribution in [-0.4, -0.2) is 21.3 Å². The quantitative estimate of drug-likeness (QED) is 0.841. The fourth-order valence-electron chi connectivity index (χ4n) is 1.71. The lowest BCUT2D eigenvalue weighted by Gasteiger charge is -2.13. The van der Waals surface area contributed by atoms with Gasteiger partial charge in [0, 0.05) is 13.6 Å². The third-order valence-corrected chi connectivity index (χ3v) is 2.57. The van der Waals surface area contributed by atoms with Crippen molar-refractivity contribution in [2.75, 3.05) is 6.54 Å². The van der Waals surface area contributed by atoms with E-state index >= 15 is 0 Å². The second-order valence-corrected chi connectivity index (χ2v) is 3.58. The molecule has 1 aromatic carbocycles. The summed E-state index contributed by atoms with van der Waals surface area (Å²) in [5.41, 5.74) is 6.67. The van der Waals surface area contributed by atoms with Crippen LogP contribution in [0.4, 0.5) is 4.39 Å². The molecule has 0 saturated heterocycles.